The molecule has 2 N–H and O–H groups in total. The predicted molar refractivity (Wildman–Crippen MR) is 67.5 cm³/mol. The Morgan fingerprint density at radius 1 is 1.35 bits per heavy atom. The van der Waals surface area contributed by atoms with Gasteiger partial charge in [0.25, 0.3) is 0 Å². The lowest BCUT2D eigenvalue weighted by Gasteiger charge is -2.23. The van der Waals surface area contributed by atoms with E-state index >= 15 is 0 Å². The van der Waals surface area contributed by atoms with Gasteiger partial charge < -0.3 is 10.6 Å². The summed E-state index contributed by atoms with van der Waals surface area (Å²) in [6, 6.07) is 5.31. The normalized spacial score (nSPS) is 26.6. The van der Waals surface area contributed by atoms with Crippen molar-refractivity contribution in [3.05, 3.63) is 41.7 Å². The predicted octanol–water partition coefficient (Wildman–Crippen LogP) is 2.09. The Labute approximate surface area is 101 Å². The maximum absolute atomic E-state index is 13.3. The Balaban J connectivity index is 1.75. The first-order valence-electron chi connectivity index (χ1n) is 6.19. The zero-order valence-electron chi connectivity index (χ0n) is 9.77. The number of hydrogen-bond acceptors (Lipinski definition) is 2. The fraction of sp³-hybridized carbons (Fsp3) is 0.429. The average Bonchev–Trinajstić information content (AvgIpc) is 2.87. The maximum atomic E-state index is 13.3. The Bertz CT molecular complexity index is 456. The maximum Gasteiger partial charge on any atom is 0.125 e. The largest absolute Gasteiger partial charge is 0.370 e. The topological polar surface area (TPSA) is 29.3 Å². The molecule has 0 saturated carbocycles. The number of hydrogen-bond donors (Lipinski definition) is 1. The number of nitrogens with zero attached hydrogens (tertiary/aromatic N) is 1. The van der Waals surface area contributed by atoms with Crippen molar-refractivity contribution < 1.29 is 4.39 Å². The van der Waals surface area contributed by atoms with E-state index < -0.39 is 0 Å². The first-order valence-corrected chi connectivity index (χ1v) is 6.19. The lowest BCUT2D eigenvalue weighted by molar-refractivity contribution is 0.576. The number of anilines is 1. The van der Waals surface area contributed by atoms with Crippen LogP contribution in [-0.2, 0) is 6.42 Å². The van der Waals surface area contributed by atoms with Gasteiger partial charge in [-0.2, -0.15) is 0 Å². The second kappa shape index (κ2) is 4.15. The molecule has 0 aromatic heterocycles. The number of fused-ring (bicyclic) bond motifs is 1. The van der Waals surface area contributed by atoms with E-state index in [0.29, 0.717) is 5.92 Å². The molecule has 3 heteroatoms. The second-order valence-corrected chi connectivity index (χ2v) is 5.01. The van der Waals surface area contributed by atoms with Gasteiger partial charge in [-0.15, -0.1) is 0 Å². The number of halogens is 1. The molecule has 2 aliphatic rings. The molecule has 17 heavy (non-hydrogen) atoms. The molecule has 0 spiro atoms. The quantitative estimate of drug-likeness (QED) is 0.791. The van der Waals surface area contributed by atoms with Crippen LogP contribution < -0.4 is 10.6 Å². The summed E-state index contributed by atoms with van der Waals surface area (Å²) in [4.78, 5) is 2.28. The van der Waals surface area contributed by atoms with Crippen LogP contribution in [0.1, 0.15) is 12.0 Å². The van der Waals surface area contributed by atoms with E-state index in [1.807, 2.05) is 6.07 Å². The third-order valence-electron chi connectivity index (χ3n) is 3.70. The van der Waals surface area contributed by atoms with E-state index in [4.69, 9.17) is 5.73 Å². The summed E-state index contributed by atoms with van der Waals surface area (Å²) in [6.07, 6.45) is 6.31. The smallest absolute Gasteiger partial charge is 0.125 e. The van der Waals surface area contributed by atoms with Gasteiger partial charge in [0.15, 0.2) is 0 Å². The highest BCUT2D eigenvalue weighted by atomic mass is 19.1. The minimum absolute atomic E-state index is 0.144. The highest BCUT2D eigenvalue weighted by molar-refractivity contribution is 5.58. The van der Waals surface area contributed by atoms with Crippen LogP contribution in [0.3, 0.4) is 0 Å². The van der Waals surface area contributed by atoms with E-state index in [9.17, 15) is 4.39 Å². The van der Waals surface area contributed by atoms with Crippen LogP contribution >= 0.6 is 0 Å². The van der Waals surface area contributed by atoms with E-state index in [0.717, 1.165) is 31.6 Å². The minimum Gasteiger partial charge on any atom is -0.370 e. The molecular formula is C14H17FN2. The van der Waals surface area contributed by atoms with Crippen LogP contribution in [0.4, 0.5) is 10.1 Å². The minimum atomic E-state index is -0.144. The molecule has 0 bridgehead atoms. The van der Waals surface area contributed by atoms with E-state index in [-0.39, 0.29) is 11.9 Å². The van der Waals surface area contributed by atoms with Crippen LogP contribution in [0.2, 0.25) is 0 Å². The highest BCUT2D eigenvalue weighted by Gasteiger charge is 2.24. The molecule has 0 fully saturated rings. The van der Waals surface area contributed by atoms with Crippen molar-refractivity contribution in [1.29, 1.82) is 0 Å². The van der Waals surface area contributed by atoms with Crippen molar-refractivity contribution in [2.24, 2.45) is 11.7 Å². The van der Waals surface area contributed by atoms with E-state index in [1.54, 1.807) is 12.1 Å². The van der Waals surface area contributed by atoms with Crippen LogP contribution in [0, 0.1) is 11.7 Å². The molecule has 1 aromatic rings. The van der Waals surface area contributed by atoms with Gasteiger partial charge >= 0.3 is 0 Å². The molecule has 3 rings (SSSR count). The number of benzene rings is 1. The summed E-state index contributed by atoms with van der Waals surface area (Å²) in [5, 5.41) is 0. The molecule has 90 valence electrons. The van der Waals surface area contributed by atoms with Crippen LogP contribution in [0.15, 0.2) is 30.4 Å². The van der Waals surface area contributed by atoms with Gasteiger partial charge in [0, 0.05) is 24.8 Å². The van der Waals surface area contributed by atoms with Crippen molar-refractivity contribution in [2.75, 3.05) is 18.0 Å². The average molecular weight is 232 g/mol. The van der Waals surface area contributed by atoms with Crippen molar-refractivity contribution in [2.45, 2.75) is 18.9 Å². The summed E-state index contributed by atoms with van der Waals surface area (Å²) < 4.78 is 13.3. The second-order valence-electron chi connectivity index (χ2n) is 5.01. The fourth-order valence-electron chi connectivity index (χ4n) is 2.83. The number of rotatable bonds is 2. The molecule has 0 saturated heterocycles. The molecule has 1 aromatic carbocycles. The third-order valence-corrected chi connectivity index (χ3v) is 3.70. The van der Waals surface area contributed by atoms with E-state index in [1.165, 1.54) is 5.56 Å². The first-order chi connectivity index (χ1) is 8.22. The SMILES string of the molecule is NC1C=CC(CN2CCc3ccc(F)cc32)C1. The molecular weight excluding hydrogens is 215 g/mol. The molecule has 0 amide bonds. The molecule has 0 radical (unpaired) electrons. The van der Waals surface area contributed by atoms with Gasteiger partial charge in [0.2, 0.25) is 0 Å². The lowest BCUT2D eigenvalue weighted by atomic mass is 10.1. The molecule has 2 unspecified atom stereocenters. The van der Waals surface area contributed by atoms with Crippen molar-refractivity contribution in [1.82, 2.24) is 0 Å². The zero-order chi connectivity index (χ0) is 11.8. The van der Waals surface area contributed by atoms with Crippen LogP contribution in [0.5, 0.6) is 0 Å². The van der Waals surface area contributed by atoms with Crippen LogP contribution in [-0.4, -0.2) is 19.1 Å². The van der Waals surface area contributed by atoms with Gasteiger partial charge in [-0.1, -0.05) is 18.2 Å². The standard InChI is InChI=1S/C14H17FN2/c15-12-3-2-11-5-6-17(14(11)8-12)9-10-1-4-13(16)7-10/h1-4,8,10,13H,5-7,9,16H2. The fourth-order valence-corrected chi connectivity index (χ4v) is 2.83. The molecule has 2 nitrogen and oxygen atoms in total. The summed E-state index contributed by atoms with van der Waals surface area (Å²) in [5.41, 5.74) is 8.18. The monoisotopic (exact) mass is 232 g/mol. The lowest BCUT2D eigenvalue weighted by Crippen LogP contribution is -2.28. The van der Waals surface area contributed by atoms with Gasteiger partial charge in [-0.05, 0) is 36.5 Å². The van der Waals surface area contributed by atoms with Crippen molar-refractivity contribution in [3.8, 4) is 0 Å². The molecule has 1 aliphatic heterocycles. The van der Waals surface area contributed by atoms with Gasteiger partial charge in [-0.3, -0.25) is 0 Å². The van der Waals surface area contributed by atoms with Crippen molar-refractivity contribution >= 4 is 5.69 Å². The highest BCUT2D eigenvalue weighted by Crippen LogP contribution is 2.30. The van der Waals surface area contributed by atoms with Crippen molar-refractivity contribution in [3.63, 3.8) is 0 Å². The Morgan fingerprint density at radius 2 is 2.24 bits per heavy atom. The Hall–Kier alpha value is -1.35. The van der Waals surface area contributed by atoms with Gasteiger partial charge in [0.1, 0.15) is 5.82 Å². The molecule has 1 aliphatic carbocycles. The molecule has 2 atom stereocenters. The summed E-state index contributed by atoms with van der Waals surface area (Å²) >= 11 is 0. The Morgan fingerprint density at radius 3 is 3.00 bits per heavy atom. The Kier molecular flexibility index (Phi) is 2.63. The first kappa shape index (κ1) is 10.8. The zero-order valence-corrected chi connectivity index (χ0v) is 9.77. The molecule has 1 heterocycles. The summed E-state index contributed by atoms with van der Waals surface area (Å²) in [7, 11) is 0. The van der Waals surface area contributed by atoms with Crippen LogP contribution in [0.25, 0.3) is 0 Å². The van der Waals surface area contributed by atoms with Gasteiger partial charge in [0.05, 0.1) is 0 Å². The summed E-state index contributed by atoms with van der Waals surface area (Å²) in [5.74, 6) is 0.369. The van der Waals surface area contributed by atoms with E-state index in [2.05, 4.69) is 17.1 Å². The number of nitrogens with two attached hydrogens (primary N) is 1. The third kappa shape index (κ3) is 2.07. The summed E-state index contributed by atoms with van der Waals surface area (Å²) in [6.45, 7) is 1.96. The van der Waals surface area contributed by atoms with Gasteiger partial charge in [-0.25, -0.2) is 4.39 Å².